The van der Waals surface area contributed by atoms with Crippen LogP contribution in [0.4, 0.5) is 8.78 Å². The summed E-state index contributed by atoms with van der Waals surface area (Å²) in [7, 11) is 1.16. The van der Waals surface area contributed by atoms with E-state index in [1.807, 2.05) is 0 Å². The molecule has 0 aromatic heterocycles. The topological polar surface area (TPSA) is 67.2 Å². The van der Waals surface area contributed by atoms with Gasteiger partial charge in [-0.05, 0) is 24.1 Å². The fourth-order valence-corrected chi connectivity index (χ4v) is 2.71. The quantitative estimate of drug-likeness (QED) is 0.801. The van der Waals surface area contributed by atoms with Gasteiger partial charge in [-0.25, -0.2) is 8.42 Å². The van der Waals surface area contributed by atoms with Crippen molar-refractivity contribution in [2.45, 2.75) is 24.9 Å². The van der Waals surface area contributed by atoms with E-state index in [0.717, 1.165) is 12.1 Å². The zero-order valence-electron chi connectivity index (χ0n) is 9.15. The van der Waals surface area contributed by atoms with E-state index in [1.54, 1.807) is 13.0 Å². The van der Waals surface area contributed by atoms with Crippen molar-refractivity contribution in [3.05, 3.63) is 23.3 Å². The monoisotopic (exact) mass is 295 g/mol. The Hall–Kier alpha value is -1.39. The van der Waals surface area contributed by atoms with Gasteiger partial charge in [-0.15, -0.1) is 0 Å². The fraction of sp³-hybridized carbons (Fsp3) is 0.300. The number of hydrogen-bond donors (Lipinski definition) is 0. The molecule has 0 radical (unpaired) electrons. The third-order valence-corrected chi connectivity index (χ3v) is 3.58. The molecule has 0 saturated carbocycles. The Kier molecular flexibility index (Phi) is 4.48. The first-order chi connectivity index (χ1) is 8.31. The molecular formula is C10H8ClF2NO3S. The highest BCUT2D eigenvalue weighted by Crippen LogP contribution is 2.31. The van der Waals surface area contributed by atoms with Gasteiger partial charge in [0.25, 0.3) is 9.05 Å². The van der Waals surface area contributed by atoms with Crippen LogP contribution in [0.2, 0.25) is 0 Å². The van der Waals surface area contributed by atoms with Crippen LogP contribution in [0.3, 0.4) is 0 Å². The van der Waals surface area contributed by atoms with E-state index in [0.29, 0.717) is 0 Å². The predicted octanol–water partition coefficient (Wildman–Crippen LogP) is 2.65. The molecule has 1 rings (SSSR count). The van der Waals surface area contributed by atoms with Gasteiger partial charge in [-0.3, -0.25) is 0 Å². The molecule has 0 amide bonds. The fourth-order valence-electron chi connectivity index (χ4n) is 1.50. The Bertz CT molecular complexity index is 596. The minimum atomic E-state index is -4.05. The number of rotatable bonds is 4. The summed E-state index contributed by atoms with van der Waals surface area (Å²) < 4.78 is 51.0. The van der Waals surface area contributed by atoms with Crippen LogP contribution in [0.5, 0.6) is 5.75 Å². The summed E-state index contributed by atoms with van der Waals surface area (Å²) in [4.78, 5) is -0.273. The standard InChI is InChI=1S/C10H8ClF2NO3S/c1-2-6-7(5-14)8(17-10(12)13)3-4-9(6)18(11,15)16/h3-4,10H,2H2,1H3. The molecule has 0 aliphatic carbocycles. The maximum atomic E-state index is 12.1. The second-order valence-electron chi connectivity index (χ2n) is 3.20. The molecule has 1 aromatic carbocycles. The number of hydrogen-bond acceptors (Lipinski definition) is 4. The zero-order chi connectivity index (χ0) is 13.9. The van der Waals surface area contributed by atoms with E-state index in [4.69, 9.17) is 15.9 Å². The summed E-state index contributed by atoms with van der Waals surface area (Å²) in [5.41, 5.74) is -0.190. The van der Waals surface area contributed by atoms with Crippen molar-refractivity contribution in [2.24, 2.45) is 0 Å². The van der Waals surface area contributed by atoms with Gasteiger partial charge < -0.3 is 4.74 Å². The largest absolute Gasteiger partial charge is 0.433 e. The second kappa shape index (κ2) is 5.50. The Morgan fingerprint density at radius 2 is 2.11 bits per heavy atom. The van der Waals surface area contributed by atoms with Crippen molar-refractivity contribution < 1.29 is 21.9 Å². The van der Waals surface area contributed by atoms with Crippen LogP contribution in [-0.4, -0.2) is 15.0 Å². The van der Waals surface area contributed by atoms with Crippen LogP contribution in [0, 0.1) is 11.3 Å². The van der Waals surface area contributed by atoms with Gasteiger partial charge in [0, 0.05) is 10.7 Å². The third-order valence-electron chi connectivity index (χ3n) is 2.18. The average Bonchev–Trinajstić information content (AvgIpc) is 2.25. The summed E-state index contributed by atoms with van der Waals surface area (Å²) in [6, 6.07) is 3.68. The van der Waals surface area contributed by atoms with Gasteiger partial charge >= 0.3 is 6.61 Å². The van der Waals surface area contributed by atoms with Gasteiger partial charge in [-0.1, -0.05) is 6.92 Å². The first kappa shape index (κ1) is 14.7. The lowest BCUT2D eigenvalue weighted by Crippen LogP contribution is -2.07. The molecule has 0 atom stereocenters. The molecular weight excluding hydrogens is 288 g/mol. The molecule has 18 heavy (non-hydrogen) atoms. The molecule has 8 heteroatoms. The maximum absolute atomic E-state index is 12.1. The molecule has 0 spiro atoms. The highest BCUT2D eigenvalue weighted by Gasteiger charge is 2.22. The number of alkyl halides is 2. The number of nitriles is 1. The van der Waals surface area contributed by atoms with Crippen LogP contribution in [0.15, 0.2) is 17.0 Å². The summed E-state index contributed by atoms with van der Waals surface area (Å²) in [6.45, 7) is -1.52. The summed E-state index contributed by atoms with van der Waals surface area (Å²) in [5, 5.41) is 8.92. The Morgan fingerprint density at radius 3 is 2.50 bits per heavy atom. The van der Waals surface area contributed by atoms with E-state index < -0.39 is 15.7 Å². The van der Waals surface area contributed by atoms with Gasteiger partial charge in [0.2, 0.25) is 0 Å². The first-order valence-corrected chi connectivity index (χ1v) is 7.07. The van der Waals surface area contributed by atoms with E-state index in [9.17, 15) is 17.2 Å². The van der Waals surface area contributed by atoms with Crippen molar-refractivity contribution in [3.8, 4) is 11.8 Å². The minimum absolute atomic E-state index is 0.0608. The first-order valence-electron chi connectivity index (χ1n) is 4.76. The van der Waals surface area contributed by atoms with Gasteiger partial charge in [0.05, 0.1) is 10.5 Å². The van der Waals surface area contributed by atoms with Crippen molar-refractivity contribution in [2.75, 3.05) is 0 Å². The third kappa shape index (κ3) is 3.09. The van der Waals surface area contributed by atoms with E-state index in [-0.39, 0.29) is 28.2 Å². The molecule has 0 N–H and O–H groups in total. The highest BCUT2D eigenvalue weighted by atomic mass is 35.7. The second-order valence-corrected chi connectivity index (χ2v) is 5.73. The van der Waals surface area contributed by atoms with Crippen molar-refractivity contribution >= 4 is 19.7 Å². The van der Waals surface area contributed by atoms with Gasteiger partial charge in [0.15, 0.2) is 0 Å². The van der Waals surface area contributed by atoms with E-state index in [1.165, 1.54) is 0 Å². The molecule has 4 nitrogen and oxygen atoms in total. The Morgan fingerprint density at radius 1 is 1.50 bits per heavy atom. The predicted molar refractivity (Wildman–Crippen MR) is 60.2 cm³/mol. The van der Waals surface area contributed by atoms with E-state index in [2.05, 4.69) is 4.74 Å². The molecule has 1 aromatic rings. The average molecular weight is 296 g/mol. The van der Waals surface area contributed by atoms with Crippen molar-refractivity contribution in [1.82, 2.24) is 0 Å². The lowest BCUT2D eigenvalue weighted by molar-refractivity contribution is -0.0501. The van der Waals surface area contributed by atoms with Crippen molar-refractivity contribution in [3.63, 3.8) is 0 Å². The smallest absolute Gasteiger partial charge is 0.387 e. The molecule has 0 unspecified atom stereocenters. The molecule has 0 fully saturated rings. The number of ether oxygens (including phenoxy) is 1. The maximum Gasteiger partial charge on any atom is 0.387 e. The van der Waals surface area contributed by atoms with E-state index >= 15 is 0 Å². The summed E-state index contributed by atoms with van der Waals surface area (Å²) >= 11 is 0. The van der Waals surface area contributed by atoms with Crippen LogP contribution >= 0.6 is 10.7 Å². The minimum Gasteiger partial charge on any atom is -0.433 e. The SMILES string of the molecule is CCc1c(S(=O)(=O)Cl)ccc(OC(F)F)c1C#N. The van der Waals surface area contributed by atoms with Crippen molar-refractivity contribution in [1.29, 1.82) is 5.26 Å². The van der Waals surface area contributed by atoms with Crippen LogP contribution in [0.1, 0.15) is 18.1 Å². The number of benzene rings is 1. The lowest BCUT2D eigenvalue weighted by Gasteiger charge is -2.12. The molecule has 98 valence electrons. The molecule has 0 aliphatic heterocycles. The highest BCUT2D eigenvalue weighted by molar-refractivity contribution is 8.13. The van der Waals surface area contributed by atoms with Gasteiger partial charge in [-0.2, -0.15) is 14.0 Å². The number of halogens is 3. The normalized spacial score (nSPS) is 11.3. The zero-order valence-corrected chi connectivity index (χ0v) is 10.7. The Balaban J connectivity index is 3.53. The van der Waals surface area contributed by atoms with Crippen LogP contribution in [0.25, 0.3) is 0 Å². The van der Waals surface area contributed by atoms with Crippen LogP contribution < -0.4 is 4.74 Å². The summed E-state index contributed by atoms with van der Waals surface area (Å²) in [5.74, 6) is -0.367. The summed E-state index contributed by atoms with van der Waals surface area (Å²) in [6.07, 6.45) is 0.143. The number of nitrogens with zero attached hydrogens (tertiary/aromatic N) is 1. The molecule has 0 aliphatic rings. The molecule has 0 saturated heterocycles. The van der Waals surface area contributed by atoms with Crippen LogP contribution in [-0.2, 0) is 15.5 Å². The Labute approximate surface area is 107 Å². The molecule has 0 bridgehead atoms. The molecule has 0 heterocycles. The van der Waals surface area contributed by atoms with Gasteiger partial charge in [0.1, 0.15) is 11.8 Å². The lowest BCUT2D eigenvalue weighted by atomic mass is 10.1.